The fourth-order valence-corrected chi connectivity index (χ4v) is 5.43. The van der Waals surface area contributed by atoms with Crippen LogP contribution in [-0.2, 0) is 18.9 Å². The second-order valence-corrected chi connectivity index (χ2v) is 10.7. The Morgan fingerprint density at radius 2 is 1.39 bits per heavy atom. The number of benzene rings is 3. The lowest BCUT2D eigenvalue weighted by Crippen LogP contribution is -2.41. The zero-order valence-electron chi connectivity index (χ0n) is 25.3. The molecule has 0 bridgehead atoms. The molecule has 0 N–H and O–H groups in total. The quantitative estimate of drug-likeness (QED) is 0.163. The fraction of sp³-hybridized carbons (Fsp3) is 0.147. The van der Waals surface area contributed by atoms with E-state index in [9.17, 15) is 19.6 Å². The van der Waals surface area contributed by atoms with E-state index in [-0.39, 0.29) is 33.5 Å². The van der Waals surface area contributed by atoms with E-state index in [1.54, 1.807) is 91.0 Å². The van der Waals surface area contributed by atoms with Crippen LogP contribution in [0.3, 0.4) is 0 Å². The average molecular weight is 657 g/mol. The minimum Gasteiger partial charge on any atom is -0.459 e. The van der Waals surface area contributed by atoms with Crippen molar-refractivity contribution in [3.8, 4) is 11.9 Å². The highest BCUT2D eigenvalue weighted by Gasteiger charge is 2.52. The predicted molar refractivity (Wildman–Crippen MR) is 167 cm³/mol. The summed E-state index contributed by atoms with van der Waals surface area (Å²) in [6, 6.07) is 26.9. The van der Waals surface area contributed by atoms with Crippen LogP contribution in [0.15, 0.2) is 110 Å². The molecule has 0 saturated carbocycles. The number of carbonyl (C=O) groups is 3. The number of carbonyl (C=O) groups excluding carboxylic acids is 3. The molecule has 49 heavy (non-hydrogen) atoms. The molecule has 15 nitrogen and oxygen atoms in total. The molecule has 242 valence electrons. The number of fused-ring (bicyclic) bond motifs is 1. The van der Waals surface area contributed by atoms with Crippen LogP contribution in [-0.4, -0.2) is 77.6 Å². The zero-order chi connectivity index (χ0) is 33.7. The molecule has 0 spiro atoms. The number of ether oxygens (including phenoxy) is 4. The second-order valence-electron chi connectivity index (χ2n) is 10.7. The minimum atomic E-state index is -1.34. The van der Waals surface area contributed by atoms with Gasteiger partial charge in [-0.25, -0.2) is 24.0 Å². The van der Waals surface area contributed by atoms with E-state index < -0.39 is 49.1 Å². The van der Waals surface area contributed by atoms with Gasteiger partial charge < -0.3 is 18.9 Å². The van der Waals surface area contributed by atoms with Crippen LogP contribution in [0.2, 0.25) is 0 Å². The molecule has 1 fully saturated rings. The van der Waals surface area contributed by atoms with Gasteiger partial charge in [-0.2, -0.15) is 10.4 Å². The lowest BCUT2D eigenvalue weighted by Gasteiger charge is -2.25. The van der Waals surface area contributed by atoms with Gasteiger partial charge in [0.25, 0.3) is 0 Å². The summed E-state index contributed by atoms with van der Waals surface area (Å²) < 4.78 is 26.9. The Hall–Kier alpha value is -6.79. The molecule has 1 aliphatic rings. The third kappa shape index (κ3) is 6.19. The molecule has 6 aromatic rings. The molecule has 4 atom stereocenters. The summed E-state index contributed by atoms with van der Waals surface area (Å²) in [4.78, 5) is 43.9. The van der Waals surface area contributed by atoms with Crippen molar-refractivity contribution in [3.63, 3.8) is 0 Å². The van der Waals surface area contributed by atoms with Gasteiger partial charge >= 0.3 is 17.9 Å². The molecule has 0 unspecified atom stereocenters. The number of esters is 3. The number of hydrogen-bond donors (Lipinski definition) is 0. The van der Waals surface area contributed by atoms with Crippen LogP contribution in [0.25, 0.3) is 16.9 Å². The maximum Gasteiger partial charge on any atom is 0.338 e. The summed E-state index contributed by atoms with van der Waals surface area (Å²) >= 11 is 0. The van der Waals surface area contributed by atoms with Gasteiger partial charge in [0.05, 0.1) is 27.6 Å². The highest BCUT2D eigenvalue weighted by Crippen LogP contribution is 2.38. The standard InChI is InChI=1S/C34H24N8O7/c35-16-24-17-41(29-26(24)30(39-40-38-29)42-20-36-19-37-42)31-28(49-34(45)23-14-8-3-9-15-23)27(48-33(44)22-12-6-2-7-13-22)25(47-31)18-46-32(43)21-10-4-1-5-11-21/h1-15,17,19-20,25,27-28,31H,18H2/t25-,27-,28-,31-/m1/s1. The molecule has 15 heteroatoms. The topological polar surface area (TPSA) is 186 Å². The van der Waals surface area contributed by atoms with E-state index in [0.717, 1.165) is 0 Å². The van der Waals surface area contributed by atoms with Crippen LogP contribution >= 0.6 is 0 Å². The lowest BCUT2D eigenvalue weighted by atomic mass is 10.1. The van der Waals surface area contributed by atoms with Gasteiger partial charge in [-0.1, -0.05) is 54.6 Å². The molecule has 0 amide bonds. The average Bonchev–Trinajstić information content (AvgIpc) is 3.90. The number of nitriles is 1. The molecule has 3 aromatic carbocycles. The van der Waals surface area contributed by atoms with Gasteiger partial charge in [0.1, 0.15) is 31.4 Å². The molecule has 4 heterocycles. The first-order valence-electron chi connectivity index (χ1n) is 14.9. The van der Waals surface area contributed by atoms with E-state index in [1.807, 2.05) is 0 Å². The van der Waals surface area contributed by atoms with E-state index in [0.29, 0.717) is 5.56 Å². The number of rotatable bonds is 9. The van der Waals surface area contributed by atoms with E-state index in [2.05, 4.69) is 31.6 Å². The first kappa shape index (κ1) is 30.8. The van der Waals surface area contributed by atoms with Crippen molar-refractivity contribution in [1.29, 1.82) is 5.26 Å². The van der Waals surface area contributed by atoms with E-state index >= 15 is 0 Å². The minimum absolute atomic E-state index is 0.122. The summed E-state index contributed by atoms with van der Waals surface area (Å²) in [5, 5.41) is 26.6. The van der Waals surface area contributed by atoms with E-state index in [4.69, 9.17) is 18.9 Å². The highest BCUT2D eigenvalue weighted by molar-refractivity contribution is 5.91. The summed E-state index contributed by atoms with van der Waals surface area (Å²) in [6.45, 7) is -0.391. The predicted octanol–water partition coefficient (Wildman–Crippen LogP) is 3.48. The molecule has 1 saturated heterocycles. The molecule has 7 rings (SSSR count). The van der Waals surface area contributed by atoms with Crippen molar-refractivity contribution in [2.24, 2.45) is 0 Å². The first-order chi connectivity index (χ1) is 24.0. The molecular weight excluding hydrogens is 632 g/mol. The van der Waals surface area contributed by atoms with Crippen LogP contribution in [0.5, 0.6) is 0 Å². The van der Waals surface area contributed by atoms with Crippen LogP contribution in [0, 0.1) is 11.3 Å². The van der Waals surface area contributed by atoms with Crippen molar-refractivity contribution in [2.45, 2.75) is 24.5 Å². The second kappa shape index (κ2) is 13.5. The normalized spacial score (nSPS) is 18.4. The zero-order valence-corrected chi connectivity index (χ0v) is 25.3. The Kier molecular flexibility index (Phi) is 8.51. The van der Waals surface area contributed by atoms with Gasteiger partial charge in [-0.3, -0.25) is 4.57 Å². The van der Waals surface area contributed by atoms with Gasteiger partial charge in [0.15, 0.2) is 29.9 Å². The molecule has 0 radical (unpaired) electrons. The van der Waals surface area contributed by atoms with Crippen molar-refractivity contribution in [3.05, 3.63) is 132 Å². The Morgan fingerprint density at radius 3 is 1.96 bits per heavy atom. The third-order valence-corrected chi connectivity index (χ3v) is 7.72. The fourth-order valence-electron chi connectivity index (χ4n) is 5.43. The van der Waals surface area contributed by atoms with Crippen molar-refractivity contribution in [1.82, 2.24) is 34.7 Å². The highest BCUT2D eigenvalue weighted by atomic mass is 16.7. The van der Waals surface area contributed by atoms with Gasteiger partial charge in [0.2, 0.25) is 0 Å². The summed E-state index contributed by atoms with van der Waals surface area (Å²) in [5.41, 5.74) is 0.988. The molecular formula is C34H24N8O7. The Morgan fingerprint density at radius 1 is 0.796 bits per heavy atom. The van der Waals surface area contributed by atoms with Crippen LogP contribution < -0.4 is 0 Å². The maximum atomic E-state index is 13.5. The molecule has 0 aliphatic carbocycles. The summed E-state index contributed by atoms with van der Waals surface area (Å²) in [7, 11) is 0. The van der Waals surface area contributed by atoms with Crippen LogP contribution in [0.4, 0.5) is 0 Å². The number of nitrogens with zero attached hydrogens (tertiary/aromatic N) is 8. The lowest BCUT2D eigenvalue weighted by molar-refractivity contribution is -0.0604. The summed E-state index contributed by atoms with van der Waals surface area (Å²) in [6.07, 6.45) is -0.936. The third-order valence-electron chi connectivity index (χ3n) is 7.72. The SMILES string of the molecule is N#Cc1cn([C@@H]2O[C@H](COC(=O)c3ccccc3)[C@@H](OC(=O)c3ccccc3)[C@H]2OC(=O)c2ccccc2)c2nnnc(-n3cncn3)c12. The van der Waals surface area contributed by atoms with Gasteiger partial charge in [0, 0.05) is 6.20 Å². The monoisotopic (exact) mass is 656 g/mol. The van der Waals surface area contributed by atoms with Gasteiger partial charge in [-0.15, -0.1) is 10.2 Å². The van der Waals surface area contributed by atoms with Crippen molar-refractivity contribution < 1.29 is 33.3 Å². The number of hydrogen-bond acceptors (Lipinski definition) is 13. The smallest absolute Gasteiger partial charge is 0.338 e. The van der Waals surface area contributed by atoms with E-state index in [1.165, 1.54) is 28.1 Å². The Bertz CT molecular complexity index is 2150. The van der Waals surface area contributed by atoms with Crippen LogP contribution in [0.1, 0.15) is 42.9 Å². The Labute approximate surface area is 277 Å². The first-order valence-corrected chi connectivity index (χ1v) is 14.9. The van der Waals surface area contributed by atoms with Crippen molar-refractivity contribution >= 4 is 28.9 Å². The maximum absolute atomic E-state index is 13.5. The van der Waals surface area contributed by atoms with Crippen molar-refractivity contribution in [2.75, 3.05) is 6.61 Å². The molecule has 1 aliphatic heterocycles. The summed E-state index contributed by atoms with van der Waals surface area (Å²) in [5.74, 6) is -1.96. The van der Waals surface area contributed by atoms with Gasteiger partial charge in [-0.05, 0) is 41.6 Å². The number of aromatic nitrogens is 7. The molecule has 3 aromatic heterocycles. The Balaban J connectivity index is 1.31. The largest absolute Gasteiger partial charge is 0.459 e.